The first-order valence-corrected chi connectivity index (χ1v) is 7.48. The third kappa shape index (κ3) is 3.75. The molecule has 0 aliphatic heterocycles. The zero-order valence-electron chi connectivity index (χ0n) is 10.7. The third-order valence-corrected chi connectivity index (χ3v) is 4.82. The number of aliphatic hydroxyl groups excluding tert-OH is 1. The normalized spacial score (nSPS) is 26.8. The molecule has 1 aromatic rings. The molecule has 17 heavy (non-hydrogen) atoms. The summed E-state index contributed by atoms with van der Waals surface area (Å²) >= 11 is 1.99. The monoisotopic (exact) mass is 250 g/mol. The molecule has 1 aliphatic rings. The van der Waals surface area contributed by atoms with Crippen LogP contribution in [0.25, 0.3) is 0 Å². The minimum Gasteiger partial charge on any atom is -0.389 e. The van der Waals surface area contributed by atoms with Crippen LogP contribution in [0.2, 0.25) is 0 Å². The molecule has 0 radical (unpaired) electrons. The first kappa shape index (κ1) is 13.0. The lowest BCUT2D eigenvalue weighted by Crippen LogP contribution is -2.14. The highest BCUT2D eigenvalue weighted by atomic mass is 32.2. The van der Waals surface area contributed by atoms with Gasteiger partial charge in [0.1, 0.15) is 0 Å². The summed E-state index contributed by atoms with van der Waals surface area (Å²) in [6, 6.07) is 8.35. The van der Waals surface area contributed by atoms with Gasteiger partial charge in [-0.1, -0.05) is 31.9 Å². The highest BCUT2D eigenvalue weighted by Crippen LogP contribution is 2.36. The molecule has 1 saturated carbocycles. The number of aliphatic hydroxyl groups is 1. The summed E-state index contributed by atoms with van der Waals surface area (Å²) in [7, 11) is 0. The van der Waals surface area contributed by atoms with Gasteiger partial charge in [-0.2, -0.15) is 0 Å². The second-order valence-electron chi connectivity index (χ2n) is 5.26. The van der Waals surface area contributed by atoms with Crippen molar-refractivity contribution < 1.29 is 5.11 Å². The smallest absolute Gasteiger partial charge is 0.0762 e. The van der Waals surface area contributed by atoms with E-state index < -0.39 is 0 Å². The maximum atomic E-state index is 9.59. The molecule has 1 N–H and O–H groups in total. The fourth-order valence-corrected chi connectivity index (χ4v) is 3.98. The van der Waals surface area contributed by atoms with Gasteiger partial charge in [0.25, 0.3) is 0 Å². The fraction of sp³-hybridized carbons (Fsp3) is 0.600. The van der Waals surface area contributed by atoms with Crippen molar-refractivity contribution >= 4 is 11.8 Å². The molecule has 94 valence electrons. The molecule has 3 atom stereocenters. The molecule has 0 bridgehead atoms. The number of hydrogen-bond acceptors (Lipinski definition) is 2. The van der Waals surface area contributed by atoms with Crippen molar-refractivity contribution in [3.8, 4) is 0 Å². The Hall–Kier alpha value is -0.470. The Morgan fingerprint density at radius 3 is 2.88 bits per heavy atom. The van der Waals surface area contributed by atoms with E-state index in [0.717, 1.165) is 16.7 Å². The molecule has 0 spiro atoms. The predicted octanol–water partition coefficient (Wildman–Crippen LogP) is 4.41. The first-order valence-electron chi connectivity index (χ1n) is 6.60. The van der Waals surface area contributed by atoms with Crippen LogP contribution in [0.4, 0.5) is 0 Å². The Kier molecular flexibility index (Phi) is 4.52. The highest BCUT2D eigenvalue weighted by Gasteiger charge is 2.19. The van der Waals surface area contributed by atoms with E-state index in [9.17, 15) is 5.11 Å². The van der Waals surface area contributed by atoms with Crippen LogP contribution >= 0.6 is 11.8 Å². The summed E-state index contributed by atoms with van der Waals surface area (Å²) in [5.74, 6) is 0.876. The van der Waals surface area contributed by atoms with E-state index in [4.69, 9.17) is 0 Å². The van der Waals surface area contributed by atoms with Gasteiger partial charge in [-0.15, -0.1) is 11.8 Å². The maximum absolute atomic E-state index is 9.59. The van der Waals surface area contributed by atoms with Crippen LogP contribution in [0.15, 0.2) is 29.2 Å². The highest BCUT2D eigenvalue weighted by molar-refractivity contribution is 8.00. The molecule has 2 heteroatoms. The van der Waals surface area contributed by atoms with Crippen LogP contribution in [0.5, 0.6) is 0 Å². The predicted molar refractivity (Wildman–Crippen MR) is 74.4 cm³/mol. The molecule has 2 rings (SSSR count). The summed E-state index contributed by atoms with van der Waals surface area (Å²) in [4.78, 5) is 1.31. The molecule has 3 unspecified atom stereocenters. The number of rotatable bonds is 3. The summed E-state index contributed by atoms with van der Waals surface area (Å²) in [6.07, 6.45) is 5.08. The molecule has 1 aliphatic carbocycles. The van der Waals surface area contributed by atoms with Gasteiger partial charge >= 0.3 is 0 Å². The van der Waals surface area contributed by atoms with E-state index in [1.807, 2.05) is 24.8 Å². The van der Waals surface area contributed by atoms with Gasteiger partial charge in [-0.05, 0) is 43.4 Å². The van der Waals surface area contributed by atoms with E-state index in [0.29, 0.717) is 0 Å². The molecule has 0 saturated heterocycles. The van der Waals surface area contributed by atoms with Gasteiger partial charge in [0.2, 0.25) is 0 Å². The first-order chi connectivity index (χ1) is 8.15. The Bertz CT molecular complexity index is 362. The lowest BCUT2D eigenvalue weighted by molar-refractivity contribution is 0.199. The van der Waals surface area contributed by atoms with Crippen LogP contribution in [0.3, 0.4) is 0 Å². The van der Waals surface area contributed by atoms with Gasteiger partial charge in [-0.3, -0.25) is 0 Å². The lowest BCUT2D eigenvalue weighted by atomic mass is 9.91. The van der Waals surface area contributed by atoms with Crippen LogP contribution < -0.4 is 0 Å². The van der Waals surface area contributed by atoms with Gasteiger partial charge in [-0.25, -0.2) is 0 Å². The number of hydrogen-bond donors (Lipinski definition) is 1. The average Bonchev–Trinajstić information content (AvgIpc) is 2.29. The summed E-state index contributed by atoms with van der Waals surface area (Å²) in [5.41, 5.74) is 1.03. The average molecular weight is 250 g/mol. The topological polar surface area (TPSA) is 20.2 Å². The minimum atomic E-state index is -0.360. The van der Waals surface area contributed by atoms with E-state index in [1.54, 1.807) is 0 Å². The van der Waals surface area contributed by atoms with E-state index in [1.165, 1.54) is 30.6 Å². The van der Waals surface area contributed by atoms with Gasteiger partial charge in [0.05, 0.1) is 6.10 Å². The molecular weight excluding hydrogens is 228 g/mol. The molecule has 1 nitrogen and oxygen atoms in total. The van der Waals surface area contributed by atoms with Crippen molar-refractivity contribution in [3.63, 3.8) is 0 Å². The van der Waals surface area contributed by atoms with Gasteiger partial charge in [0, 0.05) is 10.1 Å². The van der Waals surface area contributed by atoms with E-state index >= 15 is 0 Å². The Morgan fingerprint density at radius 2 is 2.18 bits per heavy atom. The molecular formula is C15H22OS. The summed E-state index contributed by atoms with van der Waals surface area (Å²) < 4.78 is 0. The third-order valence-electron chi connectivity index (χ3n) is 3.53. The number of benzene rings is 1. The van der Waals surface area contributed by atoms with Gasteiger partial charge < -0.3 is 5.11 Å². The van der Waals surface area contributed by atoms with Crippen molar-refractivity contribution in [2.24, 2.45) is 5.92 Å². The van der Waals surface area contributed by atoms with E-state index in [2.05, 4.69) is 25.1 Å². The van der Waals surface area contributed by atoms with Crippen molar-refractivity contribution in [2.75, 3.05) is 0 Å². The van der Waals surface area contributed by atoms with Crippen molar-refractivity contribution in [1.82, 2.24) is 0 Å². The SMILES string of the molecule is CC1CCCC(Sc2cccc(C(C)O)c2)C1. The molecule has 0 aromatic heterocycles. The summed E-state index contributed by atoms with van der Waals surface area (Å²) in [6.45, 7) is 4.19. The van der Waals surface area contributed by atoms with Crippen LogP contribution in [0.1, 0.15) is 51.2 Å². The van der Waals surface area contributed by atoms with Crippen molar-refractivity contribution in [1.29, 1.82) is 0 Å². The molecule has 1 fully saturated rings. The molecule has 0 amide bonds. The fourth-order valence-electron chi connectivity index (χ4n) is 2.53. The second kappa shape index (κ2) is 5.92. The molecule has 1 aromatic carbocycles. The second-order valence-corrected chi connectivity index (χ2v) is 6.63. The van der Waals surface area contributed by atoms with E-state index in [-0.39, 0.29) is 6.10 Å². The zero-order valence-corrected chi connectivity index (χ0v) is 11.5. The van der Waals surface area contributed by atoms with Crippen molar-refractivity contribution in [3.05, 3.63) is 29.8 Å². The molecule has 0 heterocycles. The van der Waals surface area contributed by atoms with Crippen LogP contribution in [-0.4, -0.2) is 10.4 Å². The quantitative estimate of drug-likeness (QED) is 0.857. The lowest BCUT2D eigenvalue weighted by Gasteiger charge is -2.26. The largest absolute Gasteiger partial charge is 0.389 e. The van der Waals surface area contributed by atoms with Crippen LogP contribution in [-0.2, 0) is 0 Å². The number of thioether (sulfide) groups is 1. The Balaban J connectivity index is 2.00. The Morgan fingerprint density at radius 1 is 1.35 bits per heavy atom. The van der Waals surface area contributed by atoms with Gasteiger partial charge in [0.15, 0.2) is 0 Å². The Labute approximate surface area is 109 Å². The zero-order chi connectivity index (χ0) is 12.3. The van der Waals surface area contributed by atoms with Crippen molar-refractivity contribution in [2.45, 2.75) is 55.8 Å². The standard InChI is InChI=1S/C15H22OS/c1-11-5-3-7-14(9-11)17-15-8-4-6-13(10-15)12(2)16/h4,6,8,10-12,14,16H,3,5,7,9H2,1-2H3. The summed E-state index contributed by atoms with van der Waals surface area (Å²) in [5, 5.41) is 10.4. The maximum Gasteiger partial charge on any atom is 0.0762 e. The van der Waals surface area contributed by atoms with Crippen LogP contribution in [0, 0.1) is 5.92 Å². The minimum absolute atomic E-state index is 0.360.